The molecule has 0 unspecified atom stereocenters. The van der Waals surface area contributed by atoms with Crippen LogP contribution in [0, 0.1) is 13.8 Å². The number of rotatable bonds is 7. The lowest BCUT2D eigenvalue weighted by molar-refractivity contribution is -0.157. The Labute approximate surface area is 182 Å². The van der Waals surface area contributed by atoms with Crippen LogP contribution >= 0.6 is 0 Å². The van der Waals surface area contributed by atoms with E-state index in [4.69, 9.17) is 19.7 Å². The molecule has 0 bridgehead atoms. The number of carboxylic acid groups (broad SMARTS) is 1. The average Bonchev–Trinajstić information content (AvgIpc) is 2.73. The van der Waals surface area contributed by atoms with E-state index >= 15 is 0 Å². The van der Waals surface area contributed by atoms with Gasteiger partial charge < -0.3 is 19.7 Å². The molecule has 0 aliphatic heterocycles. The van der Waals surface area contributed by atoms with Crippen molar-refractivity contribution in [2.24, 2.45) is 0 Å². The lowest BCUT2D eigenvalue weighted by Gasteiger charge is -2.15. The van der Waals surface area contributed by atoms with E-state index in [1.165, 1.54) is 6.20 Å². The van der Waals surface area contributed by atoms with E-state index in [0.29, 0.717) is 11.4 Å². The predicted molar refractivity (Wildman–Crippen MR) is 113 cm³/mol. The first-order chi connectivity index (χ1) is 14.8. The maximum atomic E-state index is 11.8. The van der Waals surface area contributed by atoms with Crippen molar-refractivity contribution >= 4 is 17.9 Å². The maximum Gasteiger partial charge on any atom is 0.326 e. The third-order valence-electron chi connectivity index (χ3n) is 3.80. The van der Waals surface area contributed by atoms with Gasteiger partial charge in [-0.1, -0.05) is 12.1 Å². The highest BCUT2D eigenvalue weighted by atomic mass is 16.6. The zero-order valence-electron chi connectivity index (χ0n) is 18.5. The minimum atomic E-state index is -1.11. The predicted octanol–water partition coefficient (Wildman–Crippen LogP) is 2.23. The van der Waals surface area contributed by atoms with Crippen molar-refractivity contribution in [2.45, 2.75) is 40.0 Å². The number of aryl methyl sites for hydroxylation is 2. The Morgan fingerprint density at radius 1 is 0.903 bits per heavy atom. The van der Waals surface area contributed by atoms with E-state index in [1.807, 2.05) is 13.0 Å². The Morgan fingerprint density at radius 3 is 1.81 bits per heavy atom. The van der Waals surface area contributed by atoms with Crippen LogP contribution in [0.15, 0.2) is 36.7 Å². The van der Waals surface area contributed by atoms with Crippen molar-refractivity contribution in [3.05, 3.63) is 59.2 Å². The number of aliphatic carboxylic acids is 1. The molecular formula is C22H30N2O7. The summed E-state index contributed by atoms with van der Waals surface area (Å²) in [4.78, 5) is 42.0. The van der Waals surface area contributed by atoms with E-state index < -0.39 is 23.8 Å². The molecule has 0 aromatic carbocycles. The molecule has 2 N–H and O–H groups in total. The minimum Gasteiger partial charge on any atom is -0.481 e. The first-order valence-electron chi connectivity index (χ1n) is 9.63. The smallest absolute Gasteiger partial charge is 0.326 e. The lowest BCUT2D eigenvalue weighted by atomic mass is 10.0. The van der Waals surface area contributed by atoms with Crippen molar-refractivity contribution in [3.8, 4) is 0 Å². The standard InChI is InChI=1S/C13H17NO4.C8H9NO2.CH4O/c1-4-17-12(15)10(13(16)18-5-2)11-9(3)7-6-8-14-11;1-6-3-2-4-9-7(6)5-8(10)11;1-2/h6-8,10H,4-5H2,1-3H3;2-4H,5H2,1H3,(H,10,11);2H,1H3. The number of hydrogen-bond donors (Lipinski definition) is 2. The Morgan fingerprint density at radius 2 is 1.39 bits per heavy atom. The molecular weight excluding hydrogens is 404 g/mol. The van der Waals surface area contributed by atoms with Gasteiger partial charge in [-0.2, -0.15) is 0 Å². The van der Waals surface area contributed by atoms with E-state index in [1.54, 1.807) is 45.2 Å². The summed E-state index contributed by atoms with van der Waals surface area (Å²) in [6, 6.07) is 7.17. The number of aromatic nitrogens is 2. The molecule has 0 saturated carbocycles. The van der Waals surface area contributed by atoms with Crippen LogP contribution < -0.4 is 0 Å². The van der Waals surface area contributed by atoms with Crippen LogP contribution in [0.4, 0.5) is 0 Å². The zero-order chi connectivity index (χ0) is 23.8. The topological polar surface area (TPSA) is 136 Å². The molecule has 9 heteroatoms. The summed E-state index contributed by atoms with van der Waals surface area (Å²) >= 11 is 0. The van der Waals surface area contributed by atoms with Gasteiger partial charge in [0.15, 0.2) is 5.92 Å². The molecule has 2 heterocycles. The highest BCUT2D eigenvalue weighted by molar-refractivity contribution is 6.00. The molecule has 0 radical (unpaired) electrons. The van der Waals surface area contributed by atoms with Gasteiger partial charge in [-0.05, 0) is 51.0 Å². The van der Waals surface area contributed by atoms with E-state index in [0.717, 1.165) is 18.2 Å². The molecule has 2 rings (SSSR count). The lowest BCUT2D eigenvalue weighted by Crippen LogP contribution is -2.27. The molecule has 31 heavy (non-hydrogen) atoms. The molecule has 0 aliphatic rings. The van der Waals surface area contributed by atoms with Gasteiger partial charge in [0.05, 0.1) is 31.0 Å². The summed E-state index contributed by atoms with van der Waals surface area (Å²) in [5.41, 5.74) is 2.70. The molecule has 2 aromatic rings. The van der Waals surface area contributed by atoms with Crippen molar-refractivity contribution in [1.82, 2.24) is 9.97 Å². The summed E-state index contributed by atoms with van der Waals surface area (Å²) in [7, 11) is 1.00. The molecule has 0 aliphatic carbocycles. The van der Waals surface area contributed by atoms with Crippen LogP contribution in [0.25, 0.3) is 0 Å². The molecule has 170 valence electrons. The summed E-state index contributed by atoms with van der Waals surface area (Å²) in [6.07, 6.45) is 3.14. The van der Waals surface area contributed by atoms with Crippen LogP contribution in [0.3, 0.4) is 0 Å². The fourth-order valence-electron chi connectivity index (χ4n) is 2.42. The second-order valence-electron chi connectivity index (χ2n) is 5.98. The van der Waals surface area contributed by atoms with Crippen molar-refractivity contribution in [2.75, 3.05) is 20.3 Å². The van der Waals surface area contributed by atoms with Crippen LogP contribution in [-0.4, -0.2) is 58.4 Å². The number of carbonyl (C=O) groups excluding carboxylic acids is 2. The highest BCUT2D eigenvalue weighted by Crippen LogP contribution is 2.20. The van der Waals surface area contributed by atoms with Gasteiger partial charge in [0.2, 0.25) is 0 Å². The van der Waals surface area contributed by atoms with Gasteiger partial charge in [0.1, 0.15) is 0 Å². The SMILES string of the molecule is CCOC(=O)C(C(=O)OCC)c1ncccc1C.CO.Cc1cccnc1CC(=O)O. The molecule has 9 nitrogen and oxygen atoms in total. The van der Waals surface area contributed by atoms with Crippen LogP contribution in [0.1, 0.15) is 42.3 Å². The van der Waals surface area contributed by atoms with E-state index in [2.05, 4.69) is 9.97 Å². The number of carbonyl (C=O) groups is 3. The Hall–Kier alpha value is -3.33. The molecule has 2 aromatic heterocycles. The number of hydrogen-bond acceptors (Lipinski definition) is 8. The summed E-state index contributed by atoms with van der Waals surface area (Å²) in [6.45, 7) is 7.43. The fraction of sp³-hybridized carbons (Fsp3) is 0.409. The van der Waals surface area contributed by atoms with Crippen molar-refractivity contribution in [1.29, 1.82) is 0 Å². The zero-order valence-corrected chi connectivity index (χ0v) is 18.5. The number of aliphatic hydroxyl groups excluding tert-OH is 1. The normalized spacial score (nSPS) is 9.52. The molecule has 0 spiro atoms. The van der Waals surface area contributed by atoms with Crippen LogP contribution in [0.2, 0.25) is 0 Å². The number of nitrogens with zero attached hydrogens (tertiary/aromatic N) is 2. The molecule has 0 amide bonds. The third kappa shape index (κ3) is 9.81. The van der Waals surface area contributed by atoms with Crippen molar-refractivity contribution in [3.63, 3.8) is 0 Å². The third-order valence-corrected chi connectivity index (χ3v) is 3.80. The highest BCUT2D eigenvalue weighted by Gasteiger charge is 2.33. The number of pyridine rings is 2. The van der Waals surface area contributed by atoms with Gasteiger partial charge in [-0.15, -0.1) is 0 Å². The molecule has 0 saturated heterocycles. The van der Waals surface area contributed by atoms with E-state index in [9.17, 15) is 14.4 Å². The monoisotopic (exact) mass is 434 g/mol. The van der Waals surface area contributed by atoms with Gasteiger partial charge >= 0.3 is 17.9 Å². The first kappa shape index (κ1) is 27.7. The number of carboxylic acids is 1. The van der Waals surface area contributed by atoms with Crippen LogP contribution in [0.5, 0.6) is 0 Å². The quantitative estimate of drug-likeness (QED) is 0.496. The van der Waals surface area contributed by atoms with E-state index in [-0.39, 0.29) is 19.6 Å². The van der Waals surface area contributed by atoms with Gasteiger partial charge in [-0.3, -0.25) is 24.4 Å². The fourth-order valence-corrected chi connectivity index (χ4v) is 2.42. The maximum absolute atomic E-state index is 11.8. The number of ether oxygens (including phenoxy) is 2. The Bertz CT molecular complexity index is 822. The van der Waals surface area contributed by atoms with Crippen LogP contribution in [-0.2, 0) is 30.3 Å². The second-order valence-corrected chi connectivity index (χ2v) is 5.98. The summed E-state index contributed by atoms with van der Waals surface area (Å²) in [5.74, 6) is -3.20. The first-order valence-corrected chi connectivity index (χ1v) is 9.63. The second kappa shape index (κ2) is 15.5. The Kier molecular flexibility index (Phi) is 13.8. The largest absolute Gasteiger partial charge is 0.481 e. The average molecular weight is 434 g/mol. The molecule has 0 atom stereocenters. The Balaban J connectivity index is 0.000000591. The van der Waals surface area contributed by atoms with Gasteiger partial charge in [-0.25, -0.2) is 0 Å². The van der Waals surface area contributed by atoms with Gasteiger partial charge in [0, 0.05) is 19.5 Å². The van der Waals surface area contributed by atoms with Crippen molar-refractivity contribution < 1.29 is 34.1 Å². The molecule has 0 fully saturated rings. The van der Waals surface area contributed by atoms with Gasteiger partial charge in [0.25, 0.3) is 0 Å². The minimum absolute atomic E-state index is 0.00662. The number of esters is 2. The number of aliphatic hydroxyl groups is 1. The summed E-state index contributed by atoms with van der Waals surface area (Å²) < 4.78 is 9.80. The summed E-state index contributed by atoms with van der Waals surface area (Å²) in [5, 5.41) is 15.5.